The molecule has 0 fully saturated rings. The maximum atomic E-state index is 11.8. The summed E-state index contributed by atoms with van der Waals surface area (Å²) in [6.07, 6.45) is 0. The van der Waals surface area contributed by atoms with Crippen LogP contribution >= 0.6 is 0 Å². The molecule has 0 aliphatic carbocycles. The predicted molar refractivity (Wildman–Crippen MR) is 68.0 cm³/mol. The number of aromatic nitrogens is 2. The summed E-state index contributed by atoms with van der Waals surface area (Å²) in [6.45, 7) is 9.80. The van der Waals surface area contributed by atoms with Crippen molar-refractivity contribution in [2.45, 2.75) is 46.2 Å². The second-order valence-corrected chi connectivity index (χ2v) is 5.31. The van der Waals surface area contributed by atoms with E-state index in [1.807, 2.05) is 34.6 Å². The van der Waals surface area contributed by atoms with Crippen LogP contribution in [0.5, 0.6) is 0 Å². The van der Waals surface area contributed by atoms with Crippen molar-refractivity contribution in [1.82, 2.24) is 15.5 Å². The van der Waals surface area contributed by atoms with E-state index in [2.05, 4.69) is 20.8 Å². The van der Waals surface area contributed by atoms with Crippen LogP contribution in [0.2, 0.25) is 0 Å². The molecule has 94 valence electrons. The van der Waals surface area contributed by atoms with Crippen molar-refractivity contribution < 1.29 is 4.79 Å². The number of carbonyl (C=O) groups is 1. The Kier molecular flexibility index (Phi) is 4.04. The lowest BCUT2D eigenvalue weighted by molar-refractivity contribution is 0.0913. The number of anilines is 1. The fourth-order valence-electron chi connectivity index (χ4n) is 1.23. The minimum absolute atomic E-state index is 0.207. The maximum Gasteiger partial charge on any atom is 0.272 e. The van der Waals surface area contributed by atoms with Crippen LogP contribution in [0.3, 0.4) is 0 Å². The topological polar surface area (TPSA) is 66.9 Å². The van der Waals surface area contributed by atoms with Gasteiger partial charge in [-0.05, 0) is 46.8 Å². The highest BCUT2D eigenvalue weighted by atomic mass is 16.2. The molecule has 0 atom stereocenters. The fourth-order valence-corrected chi connectivity index (χ4v) is 1.23. The number of hydrogen-bond acceptors (Lipinski definition) is 4. The second-order valence-electron chi connectivity index (χ2n) is 5.31. The molecule has 1 aromatic rings. The summed E-state index contributed by atoms with van der Waals surface area (Å²) in [5.41, 5.74) is 0.0578. The molecule has 0 saturated heterocycles. The van der Waals surface area contributed by atoms with Crippen LogP contribution in [0.25, 0.3) is 0 Å². The summed E-state index contributed by atoms with van der Waals surface area (Å²) >= 11 is 0. The number of amides is 1. The van der Waals surface area contributed by atoms with Gasteiger partial charge in [0, 0.05) is 11.6 Å². The molecular weight excluding hydrogens is 216 g/mol. The maximum absolute atomic E-state index is 11.8. The van der Waals surface area contributed by atoms with E-state index in [1.165, 1.54) is 0 Å². The van der Waals surface area contributed by atoms with Crippen molar-refractivity contribution in [3.8, 4) is 0 Å². The predicted octanol–water partition coefficient (Wildman–Crippen LogP) is 1.83. The third kappa shape index (κ3) is 4.80. The molecule has 1 amide bonds. The van der Waals surface area contributed by atoms with Gasteiger partial charge in [0.15, 0.2) is 5.69 Å². The van der Waals surface area contributed by atoms with E-state index < -0.39 is 0 Å². The Hall–Kier alpha value is -1.65. The first-order valence-corrected chi connectivity index (χ1v) is 5.71. The molecule has 0 bridgehead atoms. The molecule has 0 aliphatic rings. The Morgan fingerprint density at radius 1 is 1.24 bits per heavy atom. The monoisotopic (exact) mass is 236 g/mol. The number of rotatable bonds is 3. The molecule has 0 spiro atoms. The first-order valence-electron chi connectivity index (χ1n) is 5.71. The summed E-state index contributed by atoms with van der Waals surface area (Å²) < 4.78 is 0. The Morgan fingerprint density at radius 3 is 2.29 bits per heavy atom. The van der Waals surface area contributed by atoms with E-state index in [1.54, 1.807) is 12.1 Å². The lowest BCUT2D eigenvalue weighted by atomic mass is 10.1. The minimum atomic E-state index is -0.270. The first-order chi connectivity index (χ1) is 7.78. The molecule has 2 N–H and O–H groups in total. The summed E-state index contributed by atoms with van der Waals surface area (Å²) in [6, 6.07) is 3.71. The Morgan fingerprint density at radius 2 is 1.88 bits per heavy atom. The highest BCUT2D eigenvalue weighted by molar-refractivity contribution is 5.92. The zero-order chi connectivity index (χ0) is 13.1. The van der Waals surface area contributed by atoms with E-state index in [-0.39, 0.29) is 11.4 Å². The standard InChI is InChI=1S/C12H20N4O/c1-8(2)13-10-7-6-9(15-16-10)11(17)14-12(3,4)5/h6-8H,1-5H3,(H,13,16)(H,14,17). The fraction of sp³-hybridized carbons (Fsp3) is 0.583. The van der Waals surface area contributed by atoms with Crippen LogP contribution in [0.4, 0.5) is 5.82 Å². The van der Waals surface area contributed by atoms with Crippen LogP contribution in [0.1, 0.15) is 45.1 Å². The molecule has 0 radical (unpaired) electrons. The molecule has 0 unspecified atom stereocenters. The van der Waals surface area contributed by atoms with Crippen molar-refractivity contribution >= 4 is 11.7 Å². The third-order valence-electron chi connectivity index (χ3n) is 1.82. The van der Waals surface area contributed by atoms with E-state index in [9.17, 15) is 4.79 Å². The highest BCUT2D eigenvalue weighted by Crippen LogP contribution is 2.05. The first kappa shape index (κ1) is 13.4. The second kappa shape index (κ2) is 5.12. The average molecular weight is 236 g/mol. The Balaban J connectivity index is 2.71. The van der Waals surface area contributed by atoms with E-state index in [0.717, 1.165) is 0 Å². The van der Waals surface area contributed by atoms with Crippen LogP contribution in [0, 0.1) is 0 Å². The van der Waals surface area contributed by atoms with Crippen LogP contribution in [-0.4, -0.2) is 27.7 Å². The van der Waals surface area contributed by atoms with Gasteiger partial charge in [-0.25, -0.2) is 0 Å². The molecule has 1 rings (SSSR count). The van der Waals surface area contributed by atoms with Gasteiger partial charge in [-0.2, -0.15) is 0 Å². The van der Waals surface area contributed by atoms with Crippen molar-refractivity contribution in [3.05, 3.63) is 17.8 Å². The van der Waals surface area contributed by atoms with Gasteiger partial charge < -0.3 is 10.6 Å². The van der Waals surface area contributed by atoms with E-state index >= 15 is 0 Å². The van der Waals surface area contributed by atoms with E-state index in [0.29, 0.717) is 17.6 Å². The minimum Gasteiger partial charge on any atom is -0.366 e. The number of hydrogen-bond donors (Lipinski definition) is 2. The van der Waals surface area contributed by atoms with Gasteiger partial charge in [0.25, 0.3) is 5.91 Å². The van der Waals surface area contributed by atoms with Crippen LogP contribution < -0.4 is 10.6 Å². The number of nitrogens with zero attached hydrogens (tertiary/aromatic N) is 2. The molecule has 17 heavy (non-hydrogen) atoms. The van der Waals surface area contributed by atoms with Crippen molar-refractivity contribution in [2.75, 3.05) is 5.32 Å². The lowest BCUT2D eigenvalue weighted by Crippen LogP contribution is -2.41. The van der Waals surface area contributed by atoms with E-state index in [4.69, 9.17) is 0 Å². The van der Waals surface area contributed by atoms with Gasteiger partial charge in [0.2, 0.25) is 0 Å². The van der Waals surface area contributed by atoms with Gasteiger partial charge in [-0.1, -0.05) is 0 Å². The largest absolute Gasteiger partial charge is 0.366 e. The summed E-state index contributed by atoms with van der Waals surface area (Å²) in [5.74, 6) is 0.466. The molecule has 5 nitrogen and oxygen atoms in total. The summed E-state index contributed by atoms with van der Waals surface area (Å²) in [7, 11) is 0. The van der Waals surface area contributed by atoms with Gasteiger partial charge in [-0.3, -0.25) is 4.79 Å². The zero-order valence-electron chi connectivity index (χ0n) is 11.0. The number of carbonyl (C=O) groups excluding carboxylic acids is 1. The van der Waals surface area contributed by atoms with Crippen LogP contribution in [-0.2, 0) is 0 Å². The van der Waals surface area contributed by atoms with Gasteiger partial charge in [0.1, 0.15) is 5.82 Å². The molecule has 5 heteroatoms. The lowest BCUT2D eigenvalue weighted by Gasteiger charge is -2.19. The molecular formula is C12H20N4O. The third-order valence-corrected chi connectivity index (χ3v) is 1.82. The van der Waals surface area contributed by atoms with Crippen LogP contribution in [0.15, 0.2) is 12.1 Å². The van der Waals surface area contributed by atoms with Gasteiger partial charge >= 0.3 is 0 Å². The Labute approximate surface area is 102 Å². The summed E-state index contributed by atoms with van der Waals surface area (Å²) in [5, 5.41) is 13.8. The van der Waals surface area contributed by atoms with Crippen molar-refractivity contribution in [2.24, 2.45) is 0 Å². The highest BCUT2D eigenvalue weighted by Gasteiger charge is 2.16. The molecule has 0 aliphatic heterocycles. The van der Waals surface area contributed by atoms with Crippen molar-refractivity contribution in [3.63, 3.8) is 0 Å². The molecule has 0 saturated carbocycles. The normalized spacial score (nSPS) is 11.4. The Bertz CT molecular complexity index is 378. The quantitative estimate of drug-likeness (QED) is 0.840. The van der Waals surface area contributed by atoms with Gasteiger partial charge in [0.05, 0.1) is 0 Å². The molecule has 1 heterocycles. The zero-order valence-corrected chi connectivity index (χ0v) is 11.0. The smallest absolute Gasteiger partial charge is 0.272 e. The molecule has 0 aromatic carbocycles. The SMILES string of the molecule is CC(C)Nc1ccc(C(=O)NC(C)(C)C)nn1. The molecule has 1 aromatic heterocycles. The number of nitrogens with one attached hydrogen (secondary N) is 2. The average Bonchev–Trinajstić information content (AvgIpc) is 2.15. The van der Waals surface area contributed by atoms with Crippen molar-refractivity contribution in [1.29, 1.82) is 0 Å². The summed E-state index contributed by atoms with van der Waals surface area (Å²) in [4.78, 5) is 11.8. The van der Waals surface area contributed by atoms with Gasteiger partial charge in [-0.15, -0.1) is 10.2 Å².